The van der Waals surface area contributed by atoms with E-state index in [2.05, 4.69) is 20.4 Å². The van der Waals surface area contributed by atoms with Crippen LogP contribution in [0.3, 0.4) is 0 Å². The van der Waals surface area contributed by atoms with E-state index in [0.717, 1.165) is 60.6 Å². The van der Waals surface area contributed by atoms with Crippen molar-refractivity contribution >= 4 is 17.5 Å². The van der Waals surface area contributed by atoms with Crippen molar-refractivity contribution in [3.63, 3.8) is 0 Å². The maximum Gasteiger partial charge on any atom is 0.272 e. The second kappa shape index (κ2) is 8.42. The average molecular weight is 389 g/mol. The Hall–Kier alpha value is -1.89. The topological polar surface area (TPSA) is 70.2 Å². The van der Waals surface area contributed by atoms with Gasteiger partial charge in [0.05, 0.1) is 19.3 Å². The smallest absolute Gasteiger partial charge is 0.272 e. The second-order valence-electron chi connectivity index (χ2n) is 7.13. The third-order valence-corrected chi connectivity index (χ3v) is 5.82. The zero-order valence-electron chi connectivity index (χ0n) is 15.3. The lowest BCUT2D eigenvalue weighted by Gasteiger charge is -2.35. The monoisotopic (exact) mass is 388 g/mol. The molecular weight excluding hydrogens is 364 g/mol. The van der Waals surface area contributed by atoms with Crippen molar-refractivity contribution in [2.75, 3.05) is 32.8 Å². The lowest BCUT2D eigenvalue weighted by molar-refractivity contribution is 0.0162. The molecule has 1 aliphatic carbocycles. The molecule has 1 aliphatic heterocycles. The summed E-state index contributed by atoms with van der Waals surface area (Å²) in [5, 5.41) is 11.1. The number of carbonyl (C=O) groups is 1. The number of ether oxygens (including phenoxy) is 1. The first kappa shape index (κ1) is 18.5. The first-order valence-corrected chi connectivity index (χ1v) is 10.0. The molecule has 1 aromatic carbocycles. The number of nitrogens with zero attached hydrogens (tertiary/aromatic N) is 2. The van der Waals surface area contributed by atoms with Crippen LogP contribution in [-0.4, -0.2) is 53.9 Å². The Balaban J connectivity index is 1.51. The van der Waals surface area contributed by atoms with Crippen LogP contribution in [0.1, 0.15) is 46.2 Å². The van der Waals surface area contributed by atoms with E-state index < -0.39 is 0 Å². The summed E-state index contributed by atoms with van der Waals surface area (Å²) in [4.78, 5) is 15.1. The van der Waals surface area contributed by atoms with Gasteiger partial charge < -0.3 is 10.1 Å². The Morgan fingerprint density at radius 1 is 1.26 bits per heavy atom. The number of aryl methyl sites for hydroxylation is 1. The Kier molecular flexibility index (Phi) is 5.76. The van der Waals surface area contributed by atoms with Gasteiger partial charge in [-0.1, -0.05) is 29.8 Å². The van der Waals surface area contributed by atoms with Crippen LogP contribution in [0.25, 0.3) is 0 Å². The fourth-order valence-electron chi connectivity index (χ4n) is 4.01. The van der Waals surface area contributed by atoms with Gasteiger partial charge in [0.15, 0.2) is 5.69 Å². The summed E-state index contributed by atoms with van der Waals surface area (Å²) < 4.78 is 5.49. The molecule has 4 rings (SSSR count). The first-order valence-electron chi connectivity index (χ1n) is 9.64. The van der Waals surface area contributed by atoms with Crippen molar-refractivity contribution in [3.8, 4) is 0 Å². The molecule has 1 aromatic heterocycles. The summed E-state index contributed by atoms with van der Waals surface area (Å²) >= 11 is 6.46. The number of aromatic nitrogens is 2. The molecule has 0 saturated carbocycles. The number of H-pyrrole nitrogens is 1. The average Bonchev–Trinajstić information content (AvgIpc) is 3.14. The number of fused-ring (bicyclic) bond motifs is 1. The molecule has 6 nitrogen and oxygen atoms in total. The van der Waals surface area contributed by atoms with E-state index in [1.165, 1.54) is 0 Å². The van der Waals surface area contributed by atoms with Gasteiger partial charge in [-0.05, 0) is 37.3 Å². The number of hydrogen-bond donors (Lipinski definition) is 2. The highest BCUT2D eigenvalue weighted by molar-refractivity contribution is 6.31. The zero-order valence-corrected chi connectivity index (χ0v) is 16.1. The van der Waals surface area contributed by atoms with E-state index in [9.17, 15) is 4.79 Å². The van der Waals surface area contributed by atoms with Crippen molar-refractivity contribution < 1.29 is 9.53 Å². The summed E-state index contributed by atoms with van der Waals surface area (Å²) in [6.07, 6.45) is 4.17. The minimum absolute atomic E-state index is 0.0151. The molecule has 2 aliphatic rings. The summed E-state index contributed by atoms with van der Waals surface area (Å²) in [7, 11) is 0. The maximum absolute atomic E-state index is 12.8. The number of nitrogens with one attached hydrogen (secondary N) is 2. The van der Waals surface area contributed by atoms with E-state index in [-0.39, 0.29) is 11.9 Å². The number of rotatable bonds is 5. The fourth-order valence-corrected chi connectivity index (χ4v) is 4.27. The molecule has 0 radical (unpaired) electrons. The van der Waals surface area contributed by atoms with E-state index in [0.29, 0.717) is 25.5 Å². The van der Waals surface area contributed by atoms with Gasteiger partial charge in [0.2, 0.25) is 0 Å². The Labute approximate surface area is 164 Å². The molecule has 1 amide bonds. The van der Waals surface area contributed by atoms with Gasteiger partial charge in [-0.3, -0.25) is 14.8 Å². The summed E-state index contributed by atoms with van der Waals surface area (Å²) in [6.45, 7) is 3.53. The maximum atomic E-state index is 12.8. The minimum atomic E-state index is -0.111. The third kappa shape index (κ3) is 4.03. The number of carbonyl (C=O) groups excluding carboxylic acids is 1. The highest BCUT2D eigenvalue weighted by atomic mass is 35.5. The Morgan fingerprint density at radius 3 is 2.85 bits per heavy atom. The summed E-state index contributed by atoms with van der Waals surface area (Å²) in [5.74, 6) is -0.111. The SMILES string of the molecule is O=C(NCC(c1ccccc1Cl)N1CCOCC1)c1n[nH]c2c1CCCC2. The molecule has 2 aromatic rings. The number of amides is 1. The van der Waals surface area contributed by atoms with Crippen molar-refractivity contribution in [2.45, 2.75) is 31.7 Å². The van der Waals surface area contributed by atoms with Gasteiger partial charge >= 0.3 is 0 Å². The summed E-state index contributed by atoms with van der Waals surface area (Å²) in [5.41, 5.74) is 3.77. The number of morpholine rings is 1. The standard InChI is InChI=1S/C20H25ClN4O2/c21-16-7-3-1-5-14(16)18(25-9-11-27-12-10-25)13-22-20(26)19-15-6-2-4-8-17(15)23-24-19/h1,3,5,7,18H,2,4,6,8-13H2,(H,22,26)(H,23,24). The van der Waals surface area contributed by atoms with E-state index in [1.807, 2.05) is 24.3 Å². The molecule has 2 N–H and O–H groups in total. The van der Waals surface area contributed by atoms with E-state index >= 15 is 0 Å². The number of hydrogen-bond acceptors (Lipinski definition) is 4. The normalized spacial score (nSPS) is 18.7. The van der Waals surface area contributed by atoms with Gasteiger partial charge in [-0.15, -0.1) is 0 Å². The zero-order chi connectivity index (χ0) is 18.6. The van der Waals surface area contributed by atoms with Crippen molar-refractivity contribution in [3.05, 3.63) is 51.8 Å². The predicted octanol–water partition coefficient (Wildman–Crippen LogP) is 2.75. The van der Waals surface area contributed by atoms with Crippen LogP contribution in [-0.2, 0) is 17.6 Å². The van der Waals surface area contributed by atoms with Crippen LogP contribution in [0, 0.1) is 0 Å². The Morgan fingerprint density at radius 2 is 2.04 bits per heavy atom. The molecule has 2 heterocycles. The van der Waals surface area contributed by atoms with Crippen LogP contribution in [0.5, 0.6) is 0 Å². The van der Waals surface area contributed by atoms with Crippen molar-refractivity contribution in [1.82, 2.24) is 20.4 Å². The van der Waals surface area contributed by atoms with Gasteiger partial charge in [-0.2, -0.15) is 5.10 Å². The molecule has 1 saturated heterocycles. The van der Waals surface area contributed by atoms with Crippen LogP contribution >= 0.6 is 11.6 Å². The molecule has 1 fully saturated rings. The molecule has 0 spiro atoms. The number of benzene rings is 1. The Bertz CT molecular complexity index is 801. The quantitative estimate of drug-likeness (QED) is 0.826. The van der Waals surface area contributed by atoms with Gasteiger partial charge in [-0.25, -0.2) is 0 Å². The lowest BCUT2D eigenvalue weighted by atomic mass is 9.95. The fraction of sp³-hybridized carbons (Fsp3) is 0.500. The second-order valence-corrected chi connectivity index (χ2v) is 7.54. The van der Waals surface area contributed by atoms with Crippen molar-refractivity contribution in [1.29, 1.82) is 0 Å². The molecule has 144 valence electrons. The lowest BCUT2D eigenvalue weighted by Crippen LogP contribution is -2.44. The highest BCUT2D eigenvalue weighted by Gasteiger charge is 2.27. The van der Waals surface area contributed by atoms with Crippen LogP contribution in [0.15, 0.2) is 24.3 Å². The number of aromatic amines is 1. The van der Waals surface area contributed by atoms with Crippen molar-refractivity contribution in [2.24, 2.45) is 0 Å². The van der Waals surface area contributed by atoms with Gasteiger partial charge in [0.1, 0.15) is 0 Å². The van der Waals surface area contributed by atoms with Crippen LogP contribution in [0.2, 0.25) is 5.02 Å². The molecule has 0 bridgehead atoms. The van der Waals surface area contributed by atoms with Crippen LogP contribution in [0.4, 0.5) is 0 Å². The van der Waals surface area contributed by atoms with Crippen LogP contribution < -0.4 is 5.32 Å². The molecule has 27 heavy (non-hydrogen) atoms. The summed E-state index contributed by atoms with van der Waals surface area (Å²) in [6, 6.07) is 7.86. The van der Waals surface area contributed by atoms with Gasteiger partial charge in [0.25, 0.3) is 5.91 Å². The predicted molar refractivity (Wildman–Crippen MR) is 104 cm³/mol. The van der Waals surface area contributed by atoms with E-state index in [1.54, 1.807) is 0 Å². The largest absolute Gasteiger partial charge is 0.379 e. The molecule has 7 heteroatoms. The first-order chi connectivity index (χ1) is 13.2. The number of halogens is 1. The highest BCUT2D eigenvalue weighted by Crippen LogP contribution is 2.28. The molecule has 1 unspecified atom stereocenters. The minimum Gasteiger partial charge on any atom is -0.379 e. The molecular formula is C20H25ClN4O2. The molecule has 1 atom stereocenters. The van der Waals surface area contributed by atoms with Gasteiger partial charge in [0, 0.05) is 35.9 Å². The van der Waals surface area contributed by atoms with E-state index in [4.69, 9.17) is 16.3 Å². The third-order valence-electron chi connectivity index (χ3n) is 5.48.